The average molecular weight is 1010 g/mol. The first kappa shape index (κ1) is 49.0. The highest BCUT2D eigenvalue weighted by Crippen LogP contribution is 2.53. The Kier molecular flexibility index (Phi) is 11.5. The molecular formula is C46H16F22N2. The van der Waals surface area contributed by atoms with Crippen molar-refractivity contribution in [1.29, 1.82) is 0 Å². The monoisotopic (exact) mass is 1010 g/mol. The van der Waals surface area contributed by atoms with Crippen molar-refractivity contribution in [3.63, 3.8) is 0 Å². The Balaban J connectivity index is 1.53. The van der Waals surface area contributed by atoms with Crippen molar-refractivity contribution in [1.82, 2.24) is 0 Å². The van der Waals surface area contributed by atoms with E-state index in [1.165, 1.54) is 30.3 Å². The molecule has 0 aliphatic carbocycles. The molecule has 0 N–H and O–H groups in total. The van der Waals surface area contributed by atoms with Crippen LogP contribution in [0, 0.1) is 75.6 Å². The van der Waals surface area contributed by atoms with Gasteiger partial charge < -0.3 is 0 Å². The quantitative estimate of drug-likeness (QED) is 0.0892. The van der Waals surface area contributed by atoms with Crippen LogP contribution in [0.2, 0.25) is 0 Å². The van der Waals surface area contributed by atoms with Gasteiger partial charge in [-0.2, -0.15) is 39.5 Å². The van der Waals surface area contributed by atoms with Crippen LogP contribution >= 0.6 is 0 Å². The van der Waals surface area contributed by atoms with Crippen LogP contribution < -0.4 is 9.80 Å². The van der Waals surface area contributed by atoms with Gasteiger partial charge in [0.05, 0.1) is 17.1 Å². The second-order valence-corrected chi connectivity index (χ2v) is 15.1. The number of allylic oxidation sites excluding steroid dienone is 1. The zero-order valence-electron chi connectivity index (χ0n) is 33.8. The van der Waals surface area contributed by atoms with E-state index in [-0.39, 0.29) is 22.2 Å². The minimum atomic E-state index is -6.36. The van der Waals surface area contributed by atoms with Crippen molar-refractivity contribution in [3.05, 3.63) is 171 Å². The van der Waals surface area contributed by atoms with Gasteiger partial charge >= 0.3 is 18.5 Å². The van der Waals surface area contributed by atoms with Crippen LogP contribution in [0.25, 0.3) is 37.9 Å². The van der Waals surface area contributed by atoms with Crippen LogP contribution in [0.15, 0.2) is 73.3 Å². The van der Waals surface area contributed by atoms with Gasteiger partial charge in [-0.05, 0) is 51.6 Å². The lowest BCUT2D eigenvalue weighted by molar-refractivity contribution is -0.144. The zero-order valence-corrected chi connectivity index (χ0v) is 33.8. The number of benzene rings is 8. The molecule has 0 spiro atoms. The maximum Gasteiger partial charge on any atom is 0.422 e. The van der Waals surface area contributed by atoms with E-state index in [1.807, 2.05) is 0 Å². The van der Waals surface area contributed by atoms with E-state index in [1.54, 1.807) is 6.07 Å². The minimum absolute atomic E-state index is 0.0127. The molecule has 0 saturated carbocycles. The van der Waals surface area contributed by atoms with Gasteiger partial charge in [0.1, 0.15) is 33.8 Å². The SMILES string of the molecule is C=C(C)c1cc(N(c2cc(F)c(N(c3c(F)c(F)c(C(F)(F)F)c(F)c3F)c3ccc4ccc5cccc6ccc3c4c56)c(F)c2F)c2c(F)c(F)c(C(F)(F)F)c(F)c2F)c(F)c(F)c1C(F)(F)F. The lowest BCUT2D eigenvalue weighted by atomic mass is 9.93. The predicted octanol–water partition coefficient (Wildman–Crippen LogP) is 17.4. The number of alkyl halides is 9. The maximum atomic E-state index is 17.1. The molecule has 0 radical (unpaired) electrons. The molecule has 70 heavy (non-hydrogen) atoms. The summed E-state index contributed by atoms with van der Waals surface area (Å²) in [5.41, 5.74) is -25.5. The highest BCUT2D eigenvalue weighted by atomic mass is 19.4. The van der Waals surface area contributed by atoms with Gasteiger partial charge in [0, 0.05) is 11.5 Å². The van der Waals surface area contributed by atoms with E-state index in [9.17, 15) is 39.5 Å². The van der Waals surface area contributed by atoms with Crippen molar-refractivity contribution in [2.24, 2.45) is 0 Å². The summed E-state index contributed by atoms with van der Waals surface area (Å²) in [5, 5.41) is 0.749. The first-order valence-corrected chi connectivity index (χ1v) is 19.0. The molecule has 8 aromatic carbocycles. The van der Waals surface area contributed by atoms with Gasteiger partial charge in [-0.3, -0.25) is 9.80 Å². The fraction of sp³-hybridized carbons (Fsp3) is 0.0870. The highest BCUT2D eigenvalue weighted by molar-refractivity contribution is 6.25. The summed E-state index contributed by atoms with van der Waals surface area (Å²) < 4.78 is 333. The van der Waals surface area contributed by atoms with Gasteiger partial charge in [0.25, 0.3) is 0 Å². The largest absolute Gasteiger partial charge is 0.422 e. The molecule has 364 valence electrons. The third-order valence-corrected chi connectivity index (χ3v) is 11.0. The Morgan fingerprint density at radius 1 is 0.386 bits per heavy atom. The normalized spacial score (nSPS) is 12.6. The number of hydrogen-bond donors (Lipinski definition) is 0. The maximum absolute atomic E-state index is 17.1. The second kappa shape index (κ2) is 16.4. The predicted molar refractivity (Wildman–Crippen MR) is 209 cm³/mol. The van der Waals surface area contributed by atoms with Crippen LogP contribution in [0.3, 0.4) is 0 Å². The number of anilines is 6. The number of nitrogens with zero attached hydrogens (tertiary/aromatic N) is 2. The Labute approximate surface area is 374 Å². The summed E-state index contributed by atoms with van der Waals surface area (Å²) in [7, 11) is 0. The van der Waals surface area contributed by atoms with E-state index < -0.39 is 177 Å². The fourth-order valence-electron chi connectivity index (χ4n) is 8.10. The third kappa shape index (κ3) is 7.31. The summed E-state index contributed by atoms with van der Waals surface area (Å²) in [4.78, 5) is -1.74. The van der Waals surface area contributed by atoms with E-state index in [0.717, 1.165) is 12.1 Å². The second-order valence-electron chi connectivity index (χ2n) is 15.1. The van der Waals surface area contributed by atoms with Crippen molar-refractivity contribution in [2.75, 3.05) is 9.80 Å². The zero-order chi connectivity index (χ0) is 51.8. The van der Waals surface area contributed by atoms with Crippen LogP contribution in [0.1, 0.15) is 29.2 Å². The molecule has 24 heteroatoms. The van der Waals surface area contributed by atoms with E-state index in [2.05, 4.69) is 6.58 Å². The Hall–Kier alpha value is -7.40. The molecule has 0 heterocycles. The molecule has 0 saturated heterocycles. The number of halogens is 22. The van der Waals surface area contributed by atoms with Crippen LogP contribution in [0.4, 0.5) is 131 Å². The Morgan fingerprint density at radius 3 is 1.21 bits per heavy atom. The van der Waals surface area contributed by atoms with Crippen molar-refractivity contribution >= 4 is 72.0 Å². The average Bonchev–Trinajstić information content (AvgIpc) is 3.26. The van der Waals surface area contributed by atoms with E-state index >= 15 is 57.1 Å². The molecule has 0 amide bonds. The number of rotatable bonds is 7. The molecule has 0 aliphatic heterocycles. The standard InChI is InChI=1S/C46H16F22N2/c1-14(2)19-12-22(29(48)31(50)26(19)44(60,61)62)69(42-37(56)32(51)27(45(63,64)65)33(52)38(42)57)23-13-20(47)41(36(55)30(23)49)70(43-39(58)34(53)28(46(66,67)68)35(54)40(43)59)21-11-9-17-7-6-15-4-3-5-16-8-10-18(21)25(17)24(15)16/h3-13H,1H2,2H3. The van der Waals surface area contributed by atoms with Gasteiger partial charge in [-0.1, -0.05) is 60.7 Å². The summed E-state index contributed by atoms with van der Waals surface area (Å²) in [6.45, 7) is 3.70. The van der Waals surface area contributed by atoms with Crippen molar-refractivity contribution in [2.45, 2.75) is 25.5 Å². The summed E-state index contributed by atoms with van der Waals surface area (Å²) in [5.74, 6) is -41.4. The third-order valence-electron chi connectivity index (χ3n) is 11.0. The fourth-order valence-corrected chi connectivity index (χ4v) is 8.10. The Morgan fingerprint density at radius 2 is 0.757 bits per heavy atom. The lowest BCUT2D eigenvalue weighted by Gasteiger charge is -2.32. The van der Waals surface area contributed by atoms with E-state index in [4.69, 9.17) is 0 Å². The van der Waals surface area contributed by atoms with Crippen LogP contribution in [-0.2, 0) is 18.5 Å². The minimum Gasteiger partial charge on any atom is -0.299 e. The highest BCUT2D eigenvalue weighted by Gasteiger charge is 2.48. The molecule has 0 atom stereocenters. The molecular weight excluding hydrogens is 998 g/mol. The van der Waals surface area contributed by atoms with Gasteiger partial charge in [0.2, 0.25) is 0 Å². The first-order chi connectivity index (χ1) is 32.4. The topological polar surface area (TPSA) is 6.48 Å². The molecule has 0 aromatic heterocycles. The van der Waals surface area contributed by atoms with Crippen LogP contribution in [0.5, 0.6) is 0 Å². The Bertz CT molecular complexity index is 3460. The molecule has 8 aromatic rings. The van der Waals surface area contributed by atoms with Crippen molar-refractivity contribution in [3.8, 4) is 0 Å². The molecule has 0 unspecified atom stereocenters. The summed E-state index contributed by atoms with van der Waals surface area (Å²) >= 11 is 0. The molecule has 8 rings (SSSR count). The number of hydrogen-bond acceptors (Lipinski definition) is 2. The molecule has 0 fully saturated rings. The molecule has 0 bridgehead atoms. The first-order valence-electron chi connectivity index (χ1n) is 19.0. The van der Waals surface area contributed by atoms with Gasteiger partial charge in [-0.25, -0.2) is 57.1 Å². The lowest BCUT2D eigenvalue weighted by Crippen LogP contribution is -2.25. The van der Waals surface area contributed by atoms with Crippen LogP contribution in [-0.4, -0.2) is 0 Å². The van der Waals surface area contributed by atoms with Gasteiger partial charge in [0.15, 0.2) is 75.6 Å². The summed E-state index contributed by atoms with van der Waals surface area (Å²) in [6.07, 6.45) is -18.5. The molecule has 2 nitrogen and oxygen atoms in total. The van der Waals surface area contributed by atoms with Gasteiger partial charge in [-0.15, -0.1) is 0 Å². The molecule has 0 aliphatic rings. The smallest absolute Gasteiger partial charge is 0.299 e. The van der Waals surface area contributed by atoms with E-state index in [0.29, 0.717) is 23.8 Å². The summed E-state index contributed by atoms with van der Waals surface area (Å²) in [6, 6.07) is 10.5. The van der Waals surface area contributed by atoms with Crippen molar-refractivity contribution < 1.29 is 96.6 Å².